The van der Waals surface area contributed by atoms with Crippen molar-refractivity contribution in [1.29, 1.82) is 0 Å². The molecule has 1 aromatic rings. The first-order chi connectivity index (χ1) is 12.0. The molecule has 3 heterocycles. The number of anilines is 1. The summed E-state index contributed by atoms with van der Waals surface area (Å²) >= 11 is 0. The number of nitrogens with zero attached hydrogens (tertiary/aromatic N) is 5. The zero-order valence-corrected chi connectivity index (χ0v) is 14.9. The van der Waals surface area contributed by atoms with Crippen LogP contribution in [0.1, 0.15) is 24.1 Å². The topological polar surface area (TPSA) is 95.7 Å². The number of rotatable bonds is 4. The van der Waals surface area contributed by atoms with Gasteiger partial charge in [-0.1, -0.05) is 0 Å². The molecule has 8 heteroatoms. The second-order valence-corrected chi connectivity index (χ2v) is 7.06. The molecule has 0 unspecified atom stereocenters. The molecule has 0 saturated carbocycles. The highest BCUT2D eigenvalue weighted by Crippen LogP contribution is 2.24. The normalized spacial score (nSPS) is 20.9. The summed E-state index contributed by atoms with van der Waals surface area (Å²) in [5.74, 6) is 0.456. The van der Waals surface area contributed by atoms with Crippen LogP contribution < -0.4 is 10.6 Å². The lowest BCUT2D eigenvalue weighted by molar-refractivity contribution is -0.136. The van der Waals surface area contributed by atoms with Gasteiger partial charge < -0.3 is 15.5 Å². The molecule has 136 valence electrons. The Bertz CT molecular complexity index is 663. The maximum absolute atomic E-state index is 12.7. The first-order valence-corrected chi connectivity index (χ1v) is 8.75. The van der Waals surface area contributed by atoms with Crippen molar-refractivity contribution in [2.24, 2.45) is 11.7 Å². The first kappa shape index (κ1) is 17.6. The first-order valence-electron chi connectivity index (χ1n) is 8.75. The van der Waals surface area contributed by atoms with Gasteiger partial charge >= 0.3 is 0 Å². The average Bonchev–Trinajstić information content (AvgIpc) is 2.61. The monoisotopic (exact) mass is 346 g/mol. The number of fused-ring (bicyclic) bond motifs is 1. The number of hydrogen-bond acceptors (Lipinski definition) is 6. The quantitative estimate of drug-likeness (QED) is 0.799. The molecule has 0 spiro atoms. The van der Waals surface area contributed by atoms with E-state index in [2.05, 4.69) is 14.9 Å². The fourth-order valence-electron chi connectivity index (χ4n) is 3.63. The van der Waals surface area contributed by atoms with Gasteiger partial charge in [-0.2, -0.15) is 0 Å². The van der Waals surface area contributed by atoms with E-state index >= 15 is 0 Å². The van der Waals surface area contributed by atoms with E-state index in [1.54, 1.807) is 11.2 Å². The maximum atomic E-state index is 12.7. The van der Waals surface area contributed by atoms with Crippen molar-refractivity contribution in [2.45, 2.75) is 25.8 Å². The predicted molar refractivity (Wildman–Crippen MR) is 93.8 cm³/mol. The van der Waals surface area contributed by atoms with Crippen LogP contribution in [0.25, 0.3) is 0 Å². The number of carbonyl (C=O) groups is 2. The van der Waals surface area contributed by atoms with Crippen LogP contribution in [0.2, 0.25) is 0 Å². The average molecular weight is 346 g/mol. The van der Waals surface area contributed by atoms with Crippen LogP contribution in [0.5, 0.6) is 0 Å². The largest absolute Gasteiger partial charge is 0.369 e. The van der Waals surface area contributed by atoms with Crippen molar-refractivity contribution >= 4 is 17.6 Å². The Labute approximate surface area is 148 Å². The fourth-order valence-corrected chi connectivity index (χ4v) is 3.63. The minimum absolute atomic E-state index is 0.0673. The van der Waals surface area contributed by atoms with E-state index in [9.17, 15) is 9.59 Å². The number of primary amides is 1. The Balaban J connectivity index is 1.65. The smallest absolute Gasteiger partial charge is 0.236 e. The molecule has 2 aliphatic rings. The van der Waals surface area contributed by atoms with Crippen molar-refractivity contribution in [2.75, 3.05) is 45.2 Å². The SMILES string of the molecule is CN(C)c1ncnc2c1CN(CC(=O)N1CCC[C@@H](C(N)=O)C1)CC2. The summed E-state index contributed by atoms with van der Waals surface area (Å²) < 4.78 is 0. The molecule has 1 fully saturated rings. The lowest BCUT2D eigenvalue weighted by Gasteiger charge is -2.34. The fraction of sp³-hybridized carbons (Fsp3) is 0.647. The molecular weight excluding hydrogens is 320 g/mol. The Morgan fingerprint density at radius 3 is 2.84 bits per heavy atom. The third-order valence-corrected chi connectivity index (χ3v) is 5.02. The van der Waals surface area contributed by atoms with E-state index in [1.807, 2.05) is 19.0 Å². The summed E-state index contributed by atoms with van der Waals surface area (Å²) in [6.07, 6.45) is 4.03. The zero-order chi connectivity index (χ0) is 18.0. The van der Waals surface area contributed by atoms with E-state index in [4.69, 9.17) is 5.73 Å². The van der Waals surface area contributed by atoms with Gasteiger partial charge in [0.1, 0.15) is 12.1 Å². The van der Waals surface area contributed by atoms with Gasteiger partial charge in [-0.05, 0) is 12.8 Å². The van der Waals surface area contributed by atoms with E-state index in [0.29, 0.717) is 26.2 Å². The van der Waals surface area contributed by atoms with Gasteiger partial charge in [0.15, 0.2) is 0 Å². The van der Waals surface area contributed by atoms with E-state index in [0.717, 1.165) is 42.9 Å². The molecule has 0 aromatic carbocycles. The van der Waals surface area contributed by atoms with Crippen molar-refractivity contribution in [3.05, 3.63) is 17.6 Å². The third-order valence-electron chi connectivity index (χ3n) is 5.02. The lowest BCUT2D eigenvalue weighted by atomic mass is 9.97. The van der Waals surface area contributed by atoms with Crippen LogP contribution in [0.15, 0.2) is 6.33 Å². The van der Waals surface area contributed by atoms with Crippen LogP contribution in [0.3, 0.4) is 0 Å². The van der Waals surface area contributed by atoms with Gasteiger partial charge in [-0.3, -0.25) is 14.5 Å². The Kier molecular flexibility index (Phi) is 5.17. The molecule has 8 nitrogen and oxygen atoms in total. The Morgan fingerprint density at radius 2 is 2.12 bits per heavy atom. The van der Waals surface area contributed by atoms with Gasteiger partial charge in [0, 0.05) is 52.3 Å². The van der Waals surface area contributed by atoms with Crippen molar-refractivity contribution in [1.82, 2.24) is 19.8 Å². The third kappa shape index (κ3) is 3.89. The molecule has 2 N–H and O–H groups in total. The summed E-state index contributed by atoms with van der Waals surface area (Å²) in [6, 6.07) is 0. The van der Waals surface area contributed by atoms with Crippen LogP contribution >= 0.6 is 0 Å². The highest BCUT2D eigenvalue weighted by molar-refractivity contribution is 5.81. The summed E-state index contributed by atoms with van der Waals surface area (Å²) in [5, 5.41) is 0. The van der Waals surface area contributed by atoms with E-state index in [-0.39, 0.29) is 17.7 Å². The minimum atomic E-state index is -0.308. The van der Waals surface area contributed by atoms with Crippen molar-refractivity contribution in [3.8, 4) is 0 Å². The maximum Gasteiger partial charge on any atom is 0.236 e. The highest BCUT2D eigenvalue weighted by atomic mass is 16.2. The van der Waals surface area contributed by atoms with E-state index < -0.39 is 0 Å². The van der Waals surface area contributed by atoms with Gasteiger partial charge in [0.25, 0.3) is 0 Å². The predicted octanol–water partition coefficient (Wildman–Crippen LogP) is -0.375. The standard InChI is InChI=1S/C17H26N6O2/c1-21(2)17-13-9-22(7-5-14(13)19-11-20-17)10-15(24)23-6-3-4-12(8-23)16(18)25/h11-12H,3-10H2,1-2H3,(H2,18,25)/t12-/m1/s1. The van der Waals surface area contributed by atoms with Crippen LogP contribution in [0, 0.1) is 5.92 Å². The summed E-state index contributed by atoms with van der Waals surface area (Å²) in [4.78, 5) is 38.7. The zero-order valence-electron chi connectivity index (χ0n) is 14.9. The number of nitrogens with two attached hydrogens (primary N) is 1. The van der Waals surface area contributed by atoms with E-state index in [1.165, 1.54) is 0 Å². The molecule has 0 radical (unpaired) electrons. The van der Waals surface area contributed by atoms with Crippen LogP contribution in [0.4, 0.5) is 5.82 Å². The Morgan fingerprint density at radius 1 is 1.32 bits per heavy atom. The Hall–Kier alpha value is -2.22. The van der Waals surface area contributed by atoms with Crippen molar-refractivity contribution in [3.63, 3.8) is 0 Å². The molecule has 3 rings (SSSR count). The number of hydrogen-bond donors (Lipinski definition) is 1. The minimum Gasteiger partial charge on any atom is -0.369 e. The number of amides is 2. The summed E-state index contributed by atoms with van der Waals surface area (Å²) in [6.45, 7) is 2.98. The molecule has 2 amide bonds. The molecule has 2 aliphatic heterocycles. The molecule has 1 aromatic heterocycles. The molecule has 1 saturated heterocycles. The molecular formula is C17H26N6O2. The van der Waals surface area contributed by atoms with Crippen molar-refractivity contribution < 1.29 is 9.59 Å². The van der Waals surface area contributed by atoms with Gasteiger partial charge in [0.05, 0.1) is 18.2 Å². The lowest BCUT2D eigenvalue weighted by Crippen LogP contribution is -2.48. The van der Waals surface area contributed by atoms with Gasteiger partial charge in [-0.25, -0.2) is 9.97 Å². The van der Waals surface area contributed by atoms with Crippen LogP contribution in [-0.4, -0.2) is 71.9 Å². The molecule has 0 aliphatic carbocycles. The second kappa shape index (κ2) is 7.35. The summed E-state index contributed by atoms with van der Waals surface area (Å²) in [7, 11) is 3.93. The van der Waals surface area contributed by atoms with Gasteiger partial charge in [-0.15, -0.1) is 0 Å². The second-order valence-electron chi connectivity index (χ2n) is 7.06. The number of likely N-dealkylation sites (tertiary alicyclic amines) is 1. The highest BCUT2D eigenvalue weighted by Gasteiger charge is 2.29. The molecule has 1 atom stereocenters. The number of carbonyl (C=O) groups excluding carboxylic acids is 2. The molecule has 25 heavy (non-hydrogen) atoms. The van der Waals surface area contributed by atoms with Gasteiger partial charge in [0.2, 0.25) is 11.8 Å². The molecule has 0 bridgehead atoms. The number of piperidine rings is 1. The van der Waals surface area contributed by atoms with Crippen LogP contribution in [-0.2, 0) is 22.6 Å². The summed E-state index contributed by atoms with van der Waals surface area (Å²) in [5.41, 5.74) is 7.57. The number of aromatic nitrogens is 2.